The minimum atomic E-state index is 0.000325. The van der Waals surface area contributed by atoms with Crippen LogP contribution in [0.4, 0.5) is 4.39 Å². The van der Waals surface area contributed by atoms with E-state index in [0.717, 1.165) is 18.4 Å². The lowest BCUT2D eigenvalue weighted by molar-refractivity contribution is 0.0762. The third-order valence-corrected chi connectivity index (χ3v) is 3.57. The topological polar surface area (TPSA) is 68.5 Å². The van der Waals surface area contributed by atoms with Crippen LogP contribution in [0.2, 0.25) is 0 Å². The van der Waals surface area contributed by atoms with E-state index in [1.165, 1.54) is 6.20 Å². The van der Waals surface area contributed by atoms with Crippen molar-refractivity contribution < 1.29 is 13.9 Å². The van der Waals surface area contributed by atoms with Crippen LogP contribution < -0.4 is 10.5 Å². The Kier molecular flexibility index (Phi) is 3.40. The van der Waals surface area contributed by atoms with Crippen LogP contribution in [0.3, 0.4) is 0 Å². The summed E-state index contributed by atoms with van der Waals surface area (Å²) >= 11 is 0. The second kappa shape index (κ2) is 5.20. The van der Waals surface area contributed by atoms with Crippen LogP contribution in [0.1, 0.15) is 28.9 Å². The Morgan fingerprint density at radius 3 is 3.05 bits per heavy atom. The fourth-order valence-electron chi connectivity index (χ4n) is 2.26. The van der Waals surface area contributed by atoms with Crippen molar-refractivity contribution >= 4 is 5.91 Å². The Balaban J connectivity index is 1.71. The van der Waals surface area contributed by atoms with Crippen molar-refractivity contribution in [2.45, 2.75) is 25.4 Å². The van der Waals surface area contributed by atoms with Gasteiger partial charge in [-0.05, 0) is 18.9 Å². The third-order valence-electron chi connectivity index (χ3n) is 3.57. The number of hydrogen-bond acceptors (Lipinski definition) is 4. The summed E-state index contributed by atoms with van der Waals surface area (Å²) in [7, 11) is 0. The van der Waals surface area contributed by atoms with E-state index >= 15 is 0 Å². The van der Waals surface area contributed by atoms with Crippen molar-refractivity contribution in [2.24, 2.45) is 5.73 Å². The van der Waals surface area contributed by atoms with Gasteiger partial charge in [0.2, 0.25) is 0 Å². The molecule has 20 heavy (non-hydrogen) atoms. The molecule has 0 atom stereocenters. The van der Waals surface area contributed by atoms with E-state index in [2.05, 4.69) is 4.98 Å². The molecule has 2 N–H and O–H groups in total. The number of fused-ring (bicyclic) bond motifs is 1. The van der Waals surface area contributed by atoms with E-state index in [1.807, 2.05) is 4.90 Å². The van der Waals surface area contributed by atoms with Gasteiger partial charge in [-0.1, -0.05) is 0 Å². The fourth-order valence-corrected chi connectivity index (χ4v) is 2.26. The monoisotopic (exact) mass is 277 g/mol. The van der Waals surface area contributed by atoms with Crippen molar-refractivity contribution in [3.8, 4) is 5.75 Å². The standard InChI is InChI=1S/C14H16FN3O2/c15-4-9(5-16)8-20-12-3-10-7-18(11-1-2-11)14(19)13(10)17-6-12/h3-4,6,11H,1-2,5,7-8,16H2. The minimum Gasteiger partial charge on any atom is -0.487 e. The molecule has 5 nitrogen and oxygen atoms in total. The largest absolute Gasteiger partial charge is 0.487 e. The number of ether oxygens (including phenoxy) is 1. The van der Waals surface area contributed by atoms with E-state index < -0.39 is 0 Å². The lowest BCUT2D eigenvalue weighted by atomic mass is 10.2. The molecule has 1 fully saturated rings. The van der Waals surface area contributed by atoms with Gasteiger partial charge in [-0.25, -0.2) is 9.37 Å². The summed E-state index contributed by atoms with van der Waals surface area (Å²) in [6, 6.07) is 2.18. The molecule has 0 unspecified atom stereocenters. The lowest BCUT2D eigenvalue weighted by Crippen LogP contribution is -2.26. The number of carbonyl (C=O) groups is 1. The van der Waals surface area contributed by atoms with Crippen molar-refractivity contribution in [2.75, 3.05) is 13.2 Å². The zero-order valence-electron chi connectivity index (χ0n) is 11.0. The van der Waals surface area contributed by atoms with E-state index in [0.29, 0.717) is 35.9 Å². The van der Waals surface area contributed by atoms with E-state index in [1.54, 1.807) is 6.07 Å². The zero-order valence-corrected chi connectivity index (χ0v) is 11.0. The Bertz CT molecular complexity index is 570. The second-order valence-corrected chi connectivity index (χ2v) is 5.10. The molecule has 1 aliphatic heterocycles. The summed E-state index contributed by atoms with van der Waals surface area (Å²) in [5.74, 6) is 0.530. The molecule has 3 rings (SSSR count). The molecule has 2 aliphatic rings. The van der Waals surface area contributed by atoms with Gasteiger partial charge in [-0.3, -0.25) is 4.79 Å². The SMILES string of the molecule is NCC(=CF)COc1cnc2c(c1)CN(C1CC1)C2=O. The van der Waals surface area contributed by atoms with Crippen LogP contribution in [0.25, 0.3) is 0 Å². The molecule has 1 aliphatic carbocycles. The van der Waals surface area contributed by atoms with Gasteiger partial charge in [0.15, 0.2) is 0 Å². The number of rotatable bonds is 5. The highest BCUT2D eigenvalue weighted by molar-refractivity contribution is 5.96. The molecule has 0 aromatic carbocycles. The number of halogens is 1. The van der Waals surface area contributed by atoms with Crippen molar-refractivity contribution in [1.82, 2.24) is 9.88 Å². The molecular weight excluding hydrogens is 261 g/mol. The Hall–Kier alpha value is -1.95. The van der Waals surface area contributed by atoms with Gasteiger partial charge >= 0.3 is 0 Å². The highest BCUT2D eigenvalue weighted by atomic mass is 19.1. The van der Waals surface area contributed by atoms with Gasteiger partial charge in [0.25, 0.3) is 5.91 Å². The van der Waals surface area contributed by atoms with Crippen LogP contribution >= 0.6 is 0 Å². The molecule has 1 aromatic heterocycles. The minimum absolute atomic E-state index is 0.000325. The van der Waals surface area contributed by atoms with Crippen molar-refractivity contribution in [3.63, 3.8) is 0 Å². The predicted octanol–water partition coefficient (Wildman–Crippen LogP) is 1.39. The molecule has 6 heteroatoms. The van der Waals surface area contributed by atoms with Gasteiger partial charge < -0.3 is 15.4 Å². The highest BCUT2D eigenvalue weighted by Gasteiger charge is 2.39. The quantitative estimate of drug-likeness (QED) is 0.883. The van der Waals surface area contributed by atoms with Crippen LogP contribution in [0, 0.1) is 0 Å². The molecule has 106 valence electrons. The number of aromatic nitrogens is 1. The maximum absolute atomic E-state index is 12.4. The summed E-state index contributed by atoms with van der Waals surface area (Å²) in [6.07, 6.45) is 4.10. The molecule has 0 spiro atoms. The number of carbonyl (C=O) groups excluding carboxylic acids is 1. The number of nitrogens with two attached hydrogens (primary N) is 1. The number of nitrogens with zero attached hydrogens (tertiary/aromatic N) is 2. The Morgan fingerprint density at radius 1 is 1.60 bits per heavy atom. The summed E-state index contributed by atoms with van der Waals surface area (Å²) in [6.45, 7) is 0.794. The van der Waals surface area contributed by atoms with Crippen LogP contribution in [-0.2, 0) is 6.54 Å². The summed E-state index contributed by atoms with van der Waals surface area (Å²) < 4.78 is 17.8. The molecule has 0 bridgehead atoms. The van der Waals surface area contributed by atoms with Crippen LogP contribution in [-0.4, -0.2) is 35.0 Å². The van der Waals surface area contributed by atoms with E-state index in [9.17, 15) is 9.18 Å². The summed E-state index contributed by atoms with van der Waals surface area (Å²) in [4.78, 5) is 18.1. The molecular formula is C14H16FN3O2. The maximum atomic E-state index is 12.4. The van der Waals surface area contributed by atoms with E-state index in [4.69, 9.17) is 10.5 Å². The van der Waals surface area contributed by atoms with Gasteiger partial charge in [-0.15, -0.1) is 0 Å². The first-order chi connectivity index (χ1) is 9.72. The van der Waals surface area contributed by atoms with Gasteiger partial charge in [0.1, 0.15) is 18.1 Å². The number of amides is 1. The molecule has 1 saturated carbocycles. The normalized spacial score (nSPS) is 18.4. The predicted molar refractivity (Wildman–Crippen MR) is 70.9 cm³/mol. The van der Waals surface area contributed by atoms with E-state index in [-0.39, 0.29) is 19.1 Å². The molecule has 1 amide bonds. The second-order valence-electron chi connectivity index (χ2n) is 5.10. The Labute approximate surface area is 116 Å². The number of hydrogen-bond donors (Lipinski definition) is 1. The fraction of sp³-hybridized carbons (Fsp3) is 0.429. The molecule has 0 saturated heterocycles. The Morgan fingerprint density at radius 2 is 2.40 bits per heavy atom. The maximum Gasteiger partial charge on any atom is 0.273 e. The highest BCUT2D eigenvalue weighted by Crippen LogP contribution is 2.34. The first-order valence-corrected chi connectivity index (χ1v) is 6.64. The first kappa shape index (κ1) is 13.1. The average molecular weight is 277 g/mol. The molecule has 2 heterocycles. The summed E-state index contributed by atoms with van der Waals surface area (Å²) in [5.41, 5.74) is 7.11. The average Bonchev–Trinajstić information content (AvgIpc) is 3.25. The van der Waals surface area contributed by atoms with Gasteiger partial charge in [0.05, 0.1) is 12.5 Å². The first-order valence-electron chi connectivity index (χ1n) is 6.64. The molecule has 0 radical (unpaired) electrons. The zero-order chi connectivity index (χ0) is 14.1. The van der Waals surface area contributed by atoms with Crippen molar-refractivity contribution in [3.05, 3.63) is 35.4 Å². The van der Waals surface area contributed by atoms with Crippen LogP contribution in [0.5, 0.6) is 5.75 Å². The van der Waals surface area contributed by atoms with Gasteiger partial charge in [-0.2, -0.15) is 0 Å². The lowest BCUT2D eigenvalue weighted by Gasteiger charge is -2.12. The van der Waals surface area contributed by atoms with Crippen LogP contribution in [0.15, 0.2) is 24.2 Å². The number of pyridine rings is 1. The van der Waals surface area contributed by atoms with Crippen molar-refractivity contribution in [1.29, 1.82) is 0 Å². The molecule has 1 aromatic rings. The van der Waals surface area contributed by atoms with Gasteiger partial charge in [0, 0.05) is 30.3 Å². The third kappa shape index (κ3) is 2.38. The summed E-state index contributed by atoms with van der Waals surface area (Å²) in [5, 5.41) is 0. The smallest absolute Gasteiger partial charge is 0.273 e.